The van der Waals surface area contributed by atoms with Crippen LogP contribution in [0.1, 0.15) is 11.1 Å². The highest BCUT2D eigenvalue weighted by atomic mass is 35.5. The molecule has 0 bridgehead atoms. The number of nitrogens with zero attached hydrogens (tertiary/aromatic N) is 2. The third-order valence-electron chi connectivity index (χ3n) is 4.70. The Labute approximate surface area is 207 Å². The lowest BCUT2D eigenvalue weighted by atomic mass is 10.1. The van der Waals surface area contributed by atoms with E-state index < -0.39 is 35.1 Å². The first-order valence-electron chi connectivity index (χ1n) is 9.62. The first-order chi connectivity index (χ1) is 16.4. The van der Waals surface area contributed by atoms with E-state index in [4.69, 9.17) is 11.6 Å². The number of nitrogens with one attached hydrogen (secondary N) is 1. The molecule has 4 rings (SSSR count). The van der Waals surface area contributed by atoms with Crippen molar-refractivity contribution >= 4 is 56.5 Å². The molecule has 0 saturated heterocycles. The normalized spacial score (nSPS) is 12.2. The van der Waals surface area contributed by atoms with Gasteiger partial charge in [-0.1, -0.05) is 35.5 Å². The van der Waals surface area contributed by atoms with Crippen LogP contribution in [0, 0.1) is 0 Å². The Hall–Kier alpha value is -2.83. The molecule has 35 heavy (non-hydrogen) atoms. The zero-order valence-corrected chi connectivity index (χ0v) is 19.6. The summed E-state index contributed by atoms with van der Waals surface area (Å²) in [4.78, 5) is 21.5. The number of carbonyl (C=O) groups excluding carboxylic acids is 1. The number of hydrogen-bond donors (Lipinski definition) is 1. The van der Waals surface area contributed by atoms with Crippen molar-refractivity contribution in [1.82, 2.24) is 9.97 Å². The molecule has 2 aromatic heterocycles. The van der Waals surface area contributed by atoms with Crippen LogP contribution in [-0.4, -0.2) is 21.6 Å². The first kappa shape index (κ1) is 25.3. The molecule has 13 heteroatoms. The summed E-state index contributed by atoms with van der Waals surface area (Å²) < 4.78 is 78.3. The smallest absolute Gasteiger partial charge is 0.325 e. The molecule has 0 spiro atoms. The number of benzene rings is 2. The predicted octanol–water partition coefficient (Wildman–Crippen LogP) is 7.78. The third-order valence-corrected chi connectivity index (χ3v) is 6.83. The quantitative estimate of drug-likeness (QED) is 0.157. The number of carbonyl (C=O) groups is 1. The van der Waals surface area contributed by atoms with Gasteiger partial charge in [-0.25, -0.2) is 9.97 Å². The molecule has 4 aromatic rings. The average molecular weight is 548 g/mol. The summed E-state index contributed by atoms with van der Waals surface area (Å²) in [5, 5.41) is 5.66. The van der Waals surface area contributed by atoms with Crippen LogP contribution in [-0.2, 0) is 17.1 Å². The summed E-state index contributed by atoms with van der Waals surface area (Å²) in [7, 11) is 0. The van der Waals surface area contributed by atoms with E-state index in [1.807, 2.05) is 17.5 Å². The number of anilines is 1. The van der Waals surface area contributed by atoms with Crippen LogP contribution in [0.15, 0.2) is 59.2 Å². The van der Waals surface area contributed by atoms with Crippen LogP contribution in [0.25, 0.3) is 21.3 Å². The van der Waals surface area contributed by atoms with Crippen molar-refractivity contribution in [2.45, 2.75) is 17.4 Å². The number of thiophene rings is 1. The Kier molecular flexibility index (Phi) is 6.98. The SMILES string of the molecule is O=C(CSc1ncnc2scc(-c3ccc(Cl)cc3)c12)Nc1cc(C(F)(F)F)cc(C(F)(F)F)c1. The Morgan fingerprint density at radius 2 is 1.60 bits per heavy atom. The van der Waals surface area contributed by atoms with Gasteiger partial charge in [-0.2, -0.15) is 26.3 Å². The van der Waals surface area contributed by atoms with E-state index in [1.54, 1.807) is 12.1 Å². The topological polar surface area (TPSA) is 54.9 Å². The molecular weight excluding hydrogens is 536 g/mol. The van der Waals surface area contributed by atoms with Crippen LogP contribution in [0.3, 0.4) is 0 Å². The average Bonchev–Trinajstić information content (AvgIpc) is 3.22. The van der Waals surface area contributed by atoms with Gasteiger partial charge in [0.15, 0.2) is 0 Å². The highest BCUT2D eigenvalue weighted by molar-refractivity contribution is 8.00. The monoisotopic (exact) mass is 547 g/mol. The lowest BCUT2D eigenvalue weighted by Crippen LogP contribution is -2.17. The van der Waals surface area contributed by atoms with E-state index in [0.29, 0.717) is 32.4 Å². The molecule has 0 atom stereocenters. The van der Waals surface area contributed by atoms with Gasteiger partial charge in [-0.05, 0) is 35.9 Å². The Balaban J connectivity index is 1.56. The molecule has 1 N–H and O–H groups in total. The van der Waals surface area contributed by atoms with Gasteiger partial charge in [0.1, 0.15) is 16.2 Å². The van der Waals surface area contributed by atoms with Gasteiger partial charge >= 0.3 is 12.4 Å². The summed E-state index contributed by atoms with van der Waals surface area (Å²) >= 11 is 8.29. The van der Waals surface area contributed by atoms with Gasteiger partial charge in [-0.3, -0.25) is 4.79 Å². The molecule has 182 valence electrons. The minimum atomic E-state index is -5.01. The summed E-state index contributed by atoms with van der Waals surface area (Å²) in [6, 6.07) is 7.96. The highest BCUT2D eigenvalue weighted by Gasteiger charge is 2.37. The van der Waals surface area contributed by atoms with Crippen molar-refractivity contribution < 1.29 is 31.1 Å². The lowest BCUT2D eigenvalue weighted by molar-refractivity contribution is -0.143. The second-order valence-corrected chi connectivity index (χ2v) is 9.41. The highest BCUT2D eigenvalue weighted by Crippen LogP contribution is 2.39. The second-order valence-electron chi connectivity index (χ2n) is 7.15. The summed E-state index contributed by atoms with van der Waals surface area (Å²) in [6.07, 6.45) is -8.72. The Morgan fingerprint density at radius 3 is 2.20 bits per heavy atom. The molecule has 0 fully saturated rings. The molecule has 0 saturated carbocycles. The van der Waals surface area contributed by atoms with Gasteiger partial charge < -0.3 is 5.32 Å². The third kappa shape index (κ3) is 5.88. The standard InChI is InChI=1S/C22H12ClF6N3OS2/c23-14-3-1-11(2-4-14)16-8-34-19-18(16)20(31-10-30-19)35-9-17(33)32-15-6-12(21(24,25)26)5-13(7-15)22(27,28)29/h1-8,10H,9H2,(H,32,33). The number of halogens is 7. The molecule has 2 heterocycles. The molecule has 0 aliphatic carbocycles. The van der Waals surface area contributed by atoms with E-state index in [-0.39, 0.29) is 11.8 Å². The maximum absolute atomic E-state index is 13.1. The van der Waals surface area contributed by atoms with Crippen molar-refractivity contribution in [3.05, 3.63) is 70.3 Å². The molecule has 0 aliphatic heterocycles. The van der Waals surface area contributed by atoms with E-state index in [2.05, 4.69) is 15.3 Å². The van der Waals surface area contributed by atoms with Gasteiger partial charge in [0, 0.05) is 21.7 Å². The fraction of sp³-hybridized carbons (Fsp3) is 0.136. The van der Waals surface area contributed by atoms with Crippen molar-refractivity contribution in [3.8, 4) is 11.1 Å². The maximum Gasteiger partial charge on any atom is 0.416 e. The van der Waals surface area contributed by atoms with E-state index in [1.165, 1.54) is 17.7 Å². The maximum atomic E-state index is 13.1. The number of hydrogen-bond acceptors (Lipinski definition) is 5. The summed E-state index contributed by atoms with van der Waals surface area (Å²) in [5.41, 5.74) is -2.00. The predicted molar refractivity (Wildman–Crippen MR) is 124 cm³/mol. The fourth-order valence-electron chi connectivity index (χ4n) is 3.16. The molecule has 0 radical (unpaired) electrons. The van der Waals surface area contributed by atoms with Gasteiger partial charge in [0.25, 0.3) is 0 Å². The van der Waals surface area contributed by atoms with E-state index in [0.717, 1.165) is 22.9 Å². The molecule has 0 aliphatic rings. The molecule has 2 aromatic carbocycles. The summed E-state index contributed by atoms with van der Waals surface area (Å²) in [6.45, 7) is 0. The van der Waals surface area contributed by atoms with Crippen molar-refractivity contribution in [2.75, 3.05) is 11.1 Å². The molecule has 4 nitrogen and oxygen atoms in total. The van der Waals surface area contributed by atoms with E-state index >= 15 is 0 Å². The van der Waals surface area contributed by atoms with Gasteiger partial charge in [-0.15, -0.1) is 11.3 Å². The first-order valence-corrected chi connectivity index (χ1v) is 11.9. The zero-order chi connectivity index (χ0) is 25.4. The van der Waals surface area contributed by atoms with Crippen LogP contribution >= 0.6 is 34.7 Å². The second kappa shape index (κ2) is 9.67. The Bertz CT molecular complexity index is 1350. The van der Waals surface area contributed by atoms with Crippen LogP contribution in [0.2, 0.25) is 5.02 Å². The minimum absolute atomic E-state index is 0.00309. The molecule has 1 amide bonds. The number of alkyl halides is 6. The fourth-order valence-corrected chi connectivity index (χ4v) is 5.08. The van der Waals surface area contributed by atoms with Crippen molar-refractivity contribution in [2.24, 2.45) is 0 Å². The number of amides is 1. The van der Waals surface area contributed by atoms with E-state index in [9.17, 15) is 31.1 Å². The van der Waals surface area contributed by atoms with Crippen LogP contribution in [0.5, 0.6) is 0 Å². The van der Waals surface area contributed by atoms with Gasteiger partial charge in [0.2, 0.25) is 5.91 Å². The van der Waals surface area contributed by atoms with Crippen molar-refractivity contribution in [3.63, 3.8) is 0 Å². The summed E-state index contributed by atoms with van der Waals surface area (Å²) in [5.74, 6) is -1.10. The lowest BCUT2D eigenvalue weighted by Gasteiger charge is -2.14. The number of aromatic nitrogens is 2. The number of rotatable bonds is 5. The van der Waals surface area contributed by atoms with Crippen molar-refractivity contribution in [1.29, 1.82) is 0 Å². The minimum Gasteiger partial charge on any atom is -0.325 e. The molecular formula is C22H12ClF6N3OS2. The zero-order valence-electron chi connectivity index (χ0n) is 17.2. The van der Waals surface area contributed by atoms with Crippen LogP contribution < -0.4 is 5.32 Å². The number of thioether (sulfide) groups is 1. The number of fused-ring (bicyclic) bond motifs is 1. The molecule has 0 unspecified atom stereocenters. The van der Waals surface area contributed by atoms with Crippen LogP contribution in [0.4, 0.5) is 32.0 Å². The Morgan fingerprint density at radius 1 is 0.971 bits per heavy atom. The largest absolute Gasteiger partial charge is 0.416 e. The van der Waals surface area contributed by atoms with Gasteiger partial charge in [0.05, 0.1) is 22.3 Å².